The van der Waals surface area contributed by atoms with Gasteiger partial charge in [0.25, 0.3) is 0 Å². The Bertz CT molecular complexity index is 1390. The lowest BCUT2D eigenvalue weighted by Gasteiger charge is -2.46. The number of aldehydes is 1. The van der Waals surface area contributed by atoms with E-state index in [1.165, 1.54) is 16.0 Å². The summed E-state index contributed by atoms with van der Waals surface area (Å²) < 4.78 is 16.8. The number of unbranched alkanes of at least 4 members (excludes halogenated alkanes) is 1. The standard InChI is InChI=1S/C36H47N3O4S/c1-27-12-13-33(31(22-27)36(2)35(26-40)37(3)32-10-6-7-11-34(32)44-36)43-21-9-8-15-38-17-19-39(20-18-38)16-14-28-23-29(41-4)25-30(24-28)42-5/h6-7,10-13,22-26,35H,8-9,14-21H2,1-5H3. The van der Waals surface area contributed by atoms with Gasteiger partial charge in [0.05, 0.1) is 31.3 Å². The van der Waals surface area contributed by atoms with Gasteiger partial charge in [0.2, 0.25) is 0 Å². The molecule has 3 aromatic rings. The molecule has 2 aliphatic rings. The summed E-state index contributed by atoms with van der Waals surface area (Å²) in [6.45, 7) is 11.5. The number of carbonyl (C=O) groups is 1. The number of para-hydroxylation sites is 1. The van der Waals surface area contributed by atoms with E-state index in [4.69, 9.17) is 14.2 Å². The van der Waals surface area contributed by atoms with Crippen LogP contribution >= 0.6 is 11.8 Å². The fraction of sp³-hybridized carbons (Fsp3) is 0.472. The number of likely N-dealkylation sites (N-methyl/N-ethyl adjacent to an activating group) is 1. The SMILES string of the molecule is COc1cc(CCN2CCN(CCCCOc3ccc(C)cc3C3(C)Sc4ccccc4N(C)C3C=O)CC2)cc(OC)c1. The van der Waals surface area contributed by atoms with E-state index in [1.807, 2.05) is 19.2 Å². The first-order chi connectivity index (χ1) is 21.3. The highest BCUT2D eigenvalue weighted by molar-refractivity contribution is 8.00. The largest absolute Gasteiger partial charge is 0.497 e. The smallest absolute Gasteiger partial charge is 0.144 e. The maximum absolute atomic E-state index is 12.5. The fourth-order valence-electron chi connectivity index (χ4n) is 6.39. The van der Waals surface area contributed by atoms with Crippen LogP contribution in [0.15, 0.2) is 65.6 Å². The van der Waals surface area contributed by atoms with Crippen molar-refractivity contribution in [2.45, 2.75) is 48.8 Å². The van der Waals surface area contributed by atoms with Crippen LogP contribution in [0.5, 0.6) is 17.2 Å². The van der Waals surface area contributed by atoms with Crippen LogP contribution in [0.4, 0.5) is 5.69 Å². The highest BCUT2D eigenvalue weighted by Gasteiger charge is 2.45. The molecule has 2 aliphatic heterocycles. The molecule has 0 bridgehead atoms. The molecule has 0 amide bonds. The van der Waals surface area contributed by atoms with Crippen molar-refractivity contribution in [3.8, 4) is 17.2 Å². The molecule has 1 fully saturated rings. The van der Waals surface area contributed by atoms with Gasteiger partial charge in [0.15, 0.2) is 0 Å². The van der Waals surface area contributed by atoms with Crippen molar-refractivity contribution in [2.24, 2.45) is 0 Å². The molecular formula is C36H47N3O4S. The van der Waals surface area contributed by atoms with Crippen LogP contribution in [-0.4, -0.2) is 89.3 Å². The molecule has 236 valence electrons. The predicted molar refractivity (Wildman–Crippen MR) is 180 cm³/mol. The van der Waals surface area contributed by atoms with Crippen molar-refractivity contribution in [3.05, 3.63) is 77.4 Å². The Morgan fingerprint density at radius 1 is 0.909 bits per heavy atom. The molecule has 0 N–H and O–H groups in total. The second-order valence-corrected chi connectivity index (χ2v) is 13.6. The second kappa shape index (κ2) is 14.7. The number of benzene rings is 3. The number of thioether (sulfide) groups is 1. The highest BCUT2D eigenvalue weighted by Crippen LogP contribution is 2.54. The van der Waals surface area contributed by atoms with Crippen molar-refractivity contribution in [1.29, 1.82) is 0 Å². The minimum absolute atomic E-state index is 0.302. The van der Waals surface area contributed by atoms with E-state index in [0.717, 1.165) is 93.3 Å². The summed E-state index contributed by atoms with van der Waals surface area (Å²) in [5.41, 5.74) is 4.60. The maximum atomic E-state index is 12.5. The molecule has 7 nitrogen and oxygen atoms in total. The molecule has 2 unspecified atom stereocenters. The molecule has 0 aromatic heterocycles. The van der Waals surface area contributed by atoms with E-state index in [9.17, 15) is 4.79 Å². The lowest BCUT2D eigenvalue weighted by molar-refractivity contribution is -0.109. The Labute approximate surface area is 267 Å². The zero-order chi connectivity index (χ0) is 31.1. The first-order valence-corrected chi connectivity index (χ1v) is 16.5. The molecule has 0 aliphatic carbocycles. The quantitative estimate of drug-likeness (QED) is 0.170. The normalized spacial score (nSPS) is 20.7. The average Bonchev–Trinajstić information content (AvgIpc) is 3.04. The van der Waals surface area contributed by atoms with Crippen LogP contribution in [0.1, 0.15) is 36.5 Å². The molecule has 2 atom stereocenters. The van der Waals surface area contributed by atoms with Gasteiger partial charge >= 0.3 is 0 Å². The molecule has 0 spiro atoms. The Kier molecular flexibility index (Phi) is 10.8. The van der Waals surface area contributed by atoms with Crippen LogP contribution in [0.2, 0.25) is 0 Å². The number of carbonyl (C=O) groups excluding carboxylic acids is 1. The summed E-state index contributed by atoms with van der Waals surface area (Å²) in [6, 6.07) is 20.5. The summed E-state index contributed by atoms with van der Waals surface area (Å²) in [5.74, 6) is 2.57. The van der Waals surface area contributed by atoms with Crippen LogP contribution in [-0.2, 0) is 16.0 Å². The molecule has 8 heteroatoms. The molecule has 2 heterocycles. The molecule has 1 saturated heterocycles. The Balaban J connectivity index is 1.10. The molecule has 5 rings (SSSR count). The number of aryl methyl sites for hydroxylation is 1. The van der Waals surface area contributed by atoms with Gasteiger partial charge in [-0.2, -0.15) is 0 Å². The number of rotatable bonds is 13. The van der Waals surface area contributed by atoms with Gasteiger partial charge in [-0.1, -0.05) is 29.8 Å². The van der Waals surface area contributed by atoms with Crippen LogP contribution < -0.4 is 19.1 Å². The van der Waals surface area contributed by atoms with E-state index in [1.54, 1.807) is 26.0 Å². The molecular weight excluding hydrogens is 570 g/mol. The monoisotopic (exact) mass is 617 g/mol. The molecule has 44 heavy (non-hydrogen) atoms. The number of methoxy groups -OCH3 is 2. The Morgan fingerprint density at radius 3 is 2.27 bits per heavy atom. The molecule has 0 radical (unpaired) electrons. The number of fused-ring (bicyclic) bond motifs is 1. The summed E-state index contributed by atoms with van der Waals surface area (Å²) >= 11 is 1.76. The zero-order valence-corrected chi connectivity index (χ0v) is 27.7. The van der Waals surface area contributed by atoms with Crippen molar-refractivity contribution in [1.82, 2.24) is 9.80 Å². The summed E-state index contributed by atoms with van der Waals surface area (Å²) in [6.07, 6.45) is 4.17. The maximum Gasteiger partial charge on any atom is 0.144 e. The summed E-state index contributed by atoms with van der Waals surface area (Å²) in [4.78, 5) is 20.9. The number of ether oxygens (including phenoxy) is 3. The zero-order valence-electron chi connectivity index (χ0n) is 26.9. The van der Waals surface area contributed by atoms with Gasteiger partial charge < -0.3 is 33.7 Å². The van der Waals surface area contributed by atoms with Crippen molar-refractivity contribution in [3.63, 3.8) is 0 Å². The molecule has 3 aromatic carbocycles. The summed E-state index contributed by atoms with van der Waals surface area (Å²) in [5, 5.41) is 0. The number of hydrogen-bond donors (Lipinski definition) is 0. The topological polar surface area (TPSA) is 54.5 Å². The van der Waals surface area contributed by atoms with E-state index < -0.39 is 4.75 Å². The highest BCUT2D eigenvalue weighted by atomic mass is 32.2. The third-order valence-electron chi connectivity index (χ3n) is 9.07. The lowest BCUT2D eigenvalue weighted by Crippen LogP contribution is -2.49. The van der Waals surface area contributed by atoms with E-state index in [-0.39, 0.29) is 6.04 Å². The predicted octanol–water partition coefficient (Wildman–Crippen LogP) is 6.06. The number of hydrogen-bond acceptors (Lipinski definition) is 8. The van der Waals surface area contributed by atoms with Gasteiger partial charge in [-0.25, -0.2) is 0 Å². The van der Waals surface area contributed by atoms with Gasteiger partial charge in [-0.3, -0.25) is 0 Å². The van der Waals surface area contributed by atoms with Crippen LogP contribution in [0.3, 0.4) is 0 Å². The first-order valence-electron chi connectivity index (χ1n) is 15.7. The minimum atomic E-state index is -0.468. The minimum Gasteiger partial charge on any atom is -0.497 e. The van der Waals surface area contributed by atoms with E-state index in [0.29, 0.717) is 6.61 Å². The van der Waals surface area contributed by atoms with Gasteiger partial charge in [-0.15, -0.1) is 11.8 Å². The van der Waals surface area contributed by atoms with Crippen LogP contribution in [0.25, 0.3) is 0 Å². The number of nitrogens with zero attached hydrogens (tertiary/aromatic N) is 3. The lowest BCUT2D eigenvalue weighted by atomic mass is 9.89. The number of piperazine rings is 1. The third-order valence-corrected chi connectivity index (χ3v) is 10.5. The van der Waals surface area contributed by atoms with E-state index in [2.05, 4.69) is 77.1 Å². The van der Waals surface area contributed by atoms with Gasteiger partial charge in [-0.05, 0) is 75.5 Å². The average molecular weight is 618 g/mol. The van der Waals surface area contributed by atoms with Crippen molar-refractivity contribution < 1.29 is 19.0 Å². The summed E-state index contributed by atoms with van der Waals surface area (Å²) in [7, 11) is 5.41. The Hall–Kier alpha value is -3.20. The first kappa shape index (κ1) is 32.2. The van der Waals surface area contributed by atoms with Crippen LogP contribution in [0, 0.1) is 6.92 Å². The second-order valence-electron chi connectivity index (χ2n) is 12.1. The van der Waals surface area contributed by atoms with Gasteiger partial charge in [0, 0.05) is 56.3 Å². The van der Waals surface area contributed by atoms with Gasteiger partial charge in [0.1, 0.15) is 29.6 Å². The van der Waals surface area contributed by atoms with Crippen molar-refractivity contribution in [2.75, 3.05) is 72.0 Å². The Morgan fingerprint density at radius 2 is 1.59 bits per heavy atom. The van der Waals surface area contributed by atoms with Crippen molar-refractivity contribution >= 4 is 23.7 Å². The number of anilines is 1. The van der Waals surface area contributed by atoms with E-state index >= 15 is 0 Å². The fourth-order valence-corrected chi connectivity index (χ4v) is 7.91. The third kappa shape index (κ3) is 7.36. The molecule has 0 saturated carbocycles.